The molecular formula is C20H20FN7O2S. The van der Waals surface area contributed by atoms with Crippen LogP contribution < -0.4 is 22.3 Å². The molecule has 4 aromatic rings. The third kappa shape index (κ3) is 4.45. The Hall–Kier alpha value is -3.60. The third-order valence-corrected chi connectivity index (χ3v) is 5.58. The molecule has 2 heterocycles. The van der Waals surface area contributed by atoms with Gasteiger partial charge in [0.05, 0.1) is 27.8 Å². The van der Waals surface area contributed by atoms with E-state index in [0.29, 0.717) is 51.3 Å². The number of fused-ring (bicyclic) bond motifs is 2. The van der Waals surface area contributed by atoms with E-state index in [2.05, 4.69) is 25.3 Å². The van der Waals surface area contributed by atoms with Gasteiger partial charge >= 0.3 is 0 Å². The molecular weight excluding hydrogens is 421 g/mol. The van der Waals surface area contributed by atoms with Crippen molar-refractivity contribution in [3.63, 3.8) is 0 Å². The molecule has 0 unspecified atom stereocenters. The predicted molar refractivity (Wildman–Crippen MR) is 121 cm³/mol. The molecule has 2 aromatic carbocycles. The Bertz CT molecular complexity index is 1330. The third-order valence-electron chi connectivity index (χ3n) is 4.62. The number of carbonyl (C=O) groups is 1. The number of anilines is 3. The number of thioether (sulfide) groups is 1. The number of nitrogens with one attached hydrogen (secondary N) is 3. The fraction of sp³-hybridized carbons (Fsp3) is 0.200. The topological polar surface area (TPSA) is 156 Å². The number of nitrogens with two attached hydrogens (primary N) is 2. The van der Waals surface area contributed by atoms with E-state index < -0.39 is 5.82 Å². The van der Waals surface area contributed by atoms with E-state index in [1.807, 2.05) is 0 Å². The monoisotopic (exact) mass is 441 g/mol. The van der Waals surface area contributed by atoms with Gasteiger partial charge in [0.2, 0.25) is 11.9 Å². The van der Waals surface area contributed by atoms with Crippen LogP contribution >= 0.6 is 11.8 Å². The highest BCUT2D eigenvalue weighted by atomic mass is 32.2. The smallest absolute Gasteiger partial charge is 0.259 e. The van der Waals surface area contributed by atoms with Gasteiger partial charge in [0.25, 0.3) is 5.56 Å². The van der Waals surface area contributed by atoms with Crippen LogP contribution in [-0.2, 0) is 4.79 Å². The van der Waals surface area contributed by atoms with Gasteiger partial charge in [0, 0.05) is 12.2 Å². The molecule has 0 aliphatic carbocycles. The van der Waals surface area contributed by atoms with Crippen LogP contribution in [0.4, 0.5) is 21.7 Å². The van der Waals surface area contributed by atoms with Crippen molar-refractivity contribution in [1.29, 1.82) is 0 Å². The van der Waals surface area contributed by atoms with E-state index in [1.54, 1.807) is 25.1 Å². The van der Waals surface area contributed by atoms with Crippen molar-refractivity contribution in [2.75, 3.05) is 22.5 Å². The summed E-state index contributed by atoms with van der Waals surface area (Å²) in [6.45, 7) is 1.71. The SMILES string of the molecule is Cc1cc(F)c2nc(SCCCC(=O)Nc3nc4cc(N)c(N)cc4[nH]3)[nH]c(=O)c2c1. The second-order valence-electron chi connectivity index (χ2n) is 7.10. The van der Waals surface area contributed by atoms with Crippen molar-refractivity contribution in [2.45, 2.75) is 24.9 Å². The molecule has 4 rings (SSSR count). The lowest BCUT2D eigenvalue weighted by molar-refractivity contribution is -0.116. The average Bonchev–Trinajstić information content (AvgIpc) is 3.07. The quantitative estimate of drug-likeness (QED) is 0.133. The van der Waals surface area contributed by atoms with Gasteiger partial charge in [0.15, 0.2) is 5.16 Å². The van der Waals surface area contributed by atoms with Crippen LogP contribution in [0.25, 0.3) is 21.9 Å². The largest absolute Gasteiger partial charge is 0.397 e. The fourth-order valence-electron chi connectivity index (χ4n) is 3.13. The van der Waals surface area contributed by atoms with E-state index in [4.69, 9.17) is 11.5 Å². The normalized spacial score (nSPS) is 11.3. The van der Waals surface area contributed by atoms with Crippen molar-refractivity contribution in [3.05, 3.63) is 46.0 Å². The van der Waals surface area contributed by atoms with E-state index in [-0.39, 0.29) is 28.8 Å². The molecule has 0 fully saturated rings. The van der Waals surface area contributed by atoms with Crippen LogP contribution in [0.2, 0.25) is 0 Å². The maximum absolute atomic E-state index is 14.1. The van der Waals surface area contributed by atoms with Crippen molar-refractivity contribution in [1.82, 2.24) is 19.9 Å². The number of rotatable bonds is 6. The van der Waals surface area contributed by atoms with Gasteiger partial charge in [-0.1, -0.05) is 11.8 Å². The number of hydrogen-bond acceptors (Lipinski definition) is 7. The van der Waals surface area contributed by atoms with Crippen LogP contribution in [0, 0.1) is 12.7 Å². The Kier molecular flexibility index (Phi) is 5.51. The van der Waals surface area contributed by atoms with E-state index >= 15 is 0 Å². The maximum Gasteiger partial charge on any atom is 0.259 e. The van der Waals surface area contributed by atoms with E-state index in [1.165, 1.54) is 17.8 Å². The number of amides is 1. The van der Waals surface area contributed by atoms with Gasteiger partial charge in [-0.3, -0.25) is 14.9 Å². The van der Waals surface area contributed by atoms with Gasteiger partial charge in [-0.2, -0.15) is 0 Å². The zero-order valence-corrected chi connectivity index (χ0v) is 17.4. The molecule has 0 saturated heterocycles. The lowest BCUT2D eigenvalue weighted by Gasteiger charge is -2.05. The summed E-state index contributed by atoms with van der Waals surface area (Å²) in [6.07, 6.45) is 0.758. The van der Waals surface area contributed by atoms with Crippen molar-refractivity contribution < 1.29 is 9.18 Å². The first-order valence-corrected chi connectivity index (χ1v) is 10.5. The maximum atomic E-state index is 14.1. The Morgan fingerprint density at radius 1 is 1.16 bits per heavy atom. The molecule has 7 N–H and O–H groups in total. The molecule has 9 nitrogen and oxygen atoms in total. The summed E-state index contributed by atoms with van der Waals surface area (Å²) in [5.74, 6) is 0.0745. The molecule has 2 aromatic heterocycles. The number of benzene rings is 2. The summed E-state index contributed by atoms with van der Waals surface area (Å²) in [5, 5.41) is 3.23. The van der Waals surface area contributed by atoms with Crippen LogP contribution in [-0.4, -0.2) is 31.6 Å². The van der Waals surface area contributed by atoms with Gasteiger partial charge < -0.3 is 21.4 Å². The number of imidazole rings is 1. The average molecular weight is 441 g/mol. The van der Waals surface area contributed by atoms with Crippen molar-refractivity contribution in [3.8, 4) is 0 Å². The van der Waals surface area contributed by atoms with E-state index in [0.717, 1.165) is 0 Å². The minimum absolute atomic E-state index is 0.0424. The van der Waals surface area contributed by atoms with Gasteiger partial charge in [-0.25, -0.2) is 14.4 Å². The summed E-state index contributed by atoms with van der Waals surface area (Å²) in [7, 11) is 0. The summed E-state index contributed by atoms with van der Waals surface area (Å²) in [6, 6.07) is 6.23. The highest BCUT2D eigenvalue weighted by Gasteiger charge is 2.11. The second-order valence-corrected chi connectivity index (χ2v) is 8.18. The standard InChI is InChI=1S/C20H20FN7O2S/c1-9-5-10-17(11(21)6-9)27-20(28-18(10)30)31-4-2-3-16(29)26-19-24-14-7-12(22)13(23)8-15(14)25-19/h5-8H,2-4,22-23H2,1H3,(H,27,28,30)(H2,24,25,26,29). The molecule has 31 heavy (non-hydrogen) atoms. The lowest BCUT2D eigenvalue weighted by atomic mass is 10.1. The van der Waals surface area contributed by atoms with Gasteiger partial charge in [-0.05, 0) is 43.2 Å². The predicted octanol–water partition coefficient (Wildman–Crippen LogP) is 2.92. The highest BCUT2D eigenvalue weighted by molar-refractivity contribution is 7.99. The van der Waals surface area contributed by atoms with Gasteiger partial charge in [-0.15, -0.1) is 0 Å². The van der Waals surface area contributed by atoms with Crippen molar-refractivity contribution in [2.24, 2.45) is 0 Å². The first kappa shape index (κ1) is 20.7. The molecule has 0 atom stereocenters. The fourth-order valence-corrected chi connectivity index (χ4v) is 3.93. The number of aromatic amines is 2. The summed E-state index contributed by atoms with van der Waals surface area (Å²) < 4.78 is 14.1. The second kappa shape index (κ2) is 8.26. The van der Waals surface area contributed by atoms with Crippen LogP contribution in [0.15, 0.2) is 34.2 Å². The molecule has 0 saturated carbocycles. The van der Waals surface area contributed by atoms with Gasteiger partial charge in [0.1, 0.15) is 11.3 Å². The number of halogens is 1. The Morgan fingerprint density at radius 2 is 1.94 bits per heavy atom. The molecule has 0 aliphatic heterocycles. The number of carbonyl (C=O) groups excluding carboxylic acids is 1. The van der Waals surface area contributed by atoms with Crippen LogP contribution in [0.3, 0.4) is 0 Å². The number of H-pyrrole nitrogens is 2. The Balaban J connectivity index is 1.33. The summed E-state index contributed by atoms with van der Waals surface area (Å²) in [4.78, 5) is 38.5. The molecule has 160 valence electrons. The van der Waals surface area contributed by atoms with E-state index in [9.17, 15) is 14.0 Å². The summed E-state index contributed by atoms with van der Waals surface area (Å²) >= 11 is 1.25. The minimum atomic E-state index is -0.531. The number of aromatic nitrogens is 4. The lowest BCUT2D eigenvalue weighted by Crippen LogP contribution is -2.13. The Morgan fingerprint density at radius 3 is 2.74 bits per heavy atom. The summed E-state index contributed by atoms with van der Waals surface area (Å²) in [5.41, 5.74) is 14.0. The minimum Gasteiger partial charge on any atom is -0.397 e. The molecule has 1 amide bonds. The molecule has 0 bridgehead atoms. The molecule has 0 radical (unpaired) electrons. The molecule has 11 heteroatoms. The molecule has 0 aliphatic rings. The Labute approximate surface area is 179 Å². The number of aryl methyl sites for hydroxylation is 1. The number of nitrogens with zero attached hydrogens (tertiary/aromatic N) is 2. The highest BCUT2D eigenvalue weighted by Crippen LogP contribution is 2.23. The number of hydrogen-bond donors (Lipinski definition) is 5. The van der Waals surface area contributed by atoms with Crippen LogP contribution in [0.1, 0.15) is 18.4 Å². The number of nitrogen functional groups attached to an aromatic ring is 2. The van der Waals surface area contributed by atoms with Crippen molar-refractivity contribution >= 4 is 56.9 Å². The molecule has 0 spiro atoms. The first-order valence-electron chi connectivity index (χ1n) is 9.47. The van der Waals surface area contributed by atoms with Crippen LogP contribution in [0.5, 0.6) is 0 Å². The zero-order chi connectivity index (χ0) is 22.1. The zero-order valence-electron chi connectivity index (χ0n) is 16.6. The first-order chi connectivity index (χ1) is 14.8.